The number of likely N-dealkylation sites (tertiary alicyclic amines) is 1. The van der Waals surface area contributed by atoms with Gasteiger partial charge in [0.2, 0.25) is 5.91 Å². The van der Waals surface area contributed by atoms with Gasteiger partial charge in [0.1, 0.15) is 11.5 Å². The Bertz CT molecular complexity index is 696. The summed E-state index contributed by atoms with van der Waals surface area (Å²) in [5.41, 5.74) is 1.29. The van der Waals surface area contributed by atoms with Gasteiger partial charge in [-0.3, -0.25) is 9.69 Å². The molecule has 25 heavy (non-hydrogen) atoms. The lowest BCUT2D eigenvalue weighted by molar-refractivity contribution is -0.116. The van der Waals surface area contributed by atoms with E-state index in [1.807, 2.05) is 19.1 Å². The summed E-state index contributed by atoms with van der Waals surface area (Å²) in [6, 6.07) is 10.4. The Balaban J connectivity index is 1.53. The Hall–Kier alpha value is -2.34. The van der Waals surface area contributed by atoms with Gasteiger partial charge in [-0.2, -0.15) is 0 Å². The molecule has 1 aliphatic heterocycles. The van der Waals surface area contributed by atoms with E-state index in [1.54, 1.807) is 13.0 Å². The highest BCUT2D eigenvalue weighted by molar-refractivity contribution is 5.89. The van der Waals surface area contributed by atoms with Gasteiger partial charge in [-0.25, -0.2) is 0 Å². The molecule has 1 atom stereocenters. The van der Waals surface area contributed by atoms with Crippen molar-refractivity contribution in [3.63, 3.8) is 0 Å². The van der Waals surface area contributed by atoms with Crippen molar-refractivity contribution in [2.45, 2.75) is 39.2 Å². The molecule has 0 aliphatic carbocycles. The maximum absolute atomic E-state index is 12.1. The zero-order valence-corrected chi connectivity index (χ0v) is 14.8. The van der Waals surface area contributed by atoms with Crippen LogP contribution in [0.15, 0.2) is 34.9 Å². The molecule has 1 aliphatic rings. The van der Waals surface area contributed by atoms with Gasteiger partial charge >= 0.3 is 0 Å². The van der Waals surface area contributed by atoms with Gasteiger partial charge in [0.15, 0.2) is 5.82 Å². The lowest BCUT2D eigenvalue weighted by Crippen LogP contribution is -2.27. The molecule has 1 N–H and O–H groups in total. The molecule has 1 saturated heterocycles. The molecule has 0 radical (unpaired) electrons. The fourth-order valence-electron chi connectivity index (χ4n) is 3.30. The van der Waals surface area contributed by atoms with Crippen molar-refractivity contribution in [2.24, 2.45) is 0 Å². The Morgan fingerprint density at radius 1 is 1.40 bits per heavy atom. The molecular weight excluding hydrogens is 318 g/mol. The van der Waals surface area contributed by atoms with Gasteiger partial charge in [0.25, 0.3) is 0 Å². The zero-order valence-electron chi connectivity index (χ0n) is 14.8. The number of benzene rings is 1. The summed E-state index contributed by atoms with van der Waals surface area (Å²) >= 11 is 0. The molecule has 0 saturated carbocycles. The number of aryl methyl sites for hydroxylation is 1. The van der Waals surface area contributed by atoms with Crippen molar-refractivity contribution in [3.8, 4) is 5.75 Å². The third-order valence-electron chi connectivity index (χ3n) is 4.46. The number of hydrogen-bond donors (Lipinski definition) is 1. The van der Waals surface area contributed by atoms with Crippen molar-refractivity contribution in [2.75, 3.05) is 25.0 Å². The van der Waals surface area contributed by atoms with Crippen molar-refractivity contribution in [1.82, 2.24) is 10.1 Å². The van der Waals surface area contributed by atoms with E-state index < -0.39 is 0 Å². The average molecular weight is 343 g/mol. The number of ether oxygens (including phenoxy) is 1. The third-order valence-corrected chi connectivity index (χ3v) is 4.46. The van der Waals surface area contributed by atoms with Crippen LogP contribution in [0.25, 0.3) is 0 Å². The summed E-state index contributed by atoms with van der Waals surface area (Å²) < 4.78 is 10.5. The van der Waals surface area contributed by atoms with Crippen LogP contribution in [0.1, 0.15) is 43.6 Å². The first-order valence-electron chi connectivity index (χ1n) is 8.85. The predicted molar refractivity (Wildman–Crippen MR) is 95.6 cm³/mol. The lowest BCUT2D eigenvalue weighted by Gasteiger charge is -2.24. The van der Waals surface area contributed by atoms with Crippen LogP contribution in [0.2, 0.25) is 0 Å². The van der Waals surface area contributed by atoms with E-state index in [4.69, 9.17) is 9.26 Å². The molecule has 2 heterocycles. The largest absolute Gasteiger partial charge is 0.494 e. The monoisotopic (exact) mass is 343 g/mol. The summed E-state index contributed by atoms with van der Waals surface area (Å²) in [6.07, 6.45) is 2.72. The molecule has 1 fully saturated rings. The van der Waals surface area contributed by atoms with Gasteiger partial charge in [0, 0.05) is 25.1 Å². The summed E-state index contributed by atoms with van der Waals surface area (Å²) in [5, 5.41) is 6.56. The summed E-state index contributed by atoms with van der Waals surface area (Å²) in [7, 11) is 0. The molecule has 6 heteroatoms. The van der Waals surface area contributed by atoms with Crippen LogP contribution in [0.4, 0.5) is 5.82 Å². The SMILES string of the molecule is CCOc1ccc([C@H]2CCCN2CCC(=O)Nc2cc(C)on2)cc1. The van der Waals surface area contributed by atoms with Crippen LogP contribution in [-0.2, 0) is 4.79 Å². The van der Waals surface area contributed by atoms with E-state index in [9.17, 15) is 4.79 Å². The molecule has 3 rings (SSSR count). The molecule has 2 aromatic rings. The molecule has 1 amide bonds. The summed E-state index contributed by atoms with van der Waals surface area (Å²) in [6.45, 7) is 6.22. The number of carbonyl (C=O) groups excluding carboxylic acids is 1. The number of nitrogens with zero attached hydrogens (tertiary/aromatic N) is 2. The molecule has 0 spiro atoms. The number of aromatic nitrogens is 1. The Labute approximate surface area is 148 Å². The number of carbonyl (C=O) groups is 1. The number of rotatable bonds is 7. The number of amides is 1. The second-order valence-corrected chi connectivity index (χ2v) is 6.32. The smallest absolute Gasteiger partial charge is 0.226 e. The highest BCUT2D eigenvalue weighted by Gasteiger charge is 2.26. The van der Waals surface area contributed by atoms with Gasteiger partial charge in [-0.15, -0.1) is 0 Å². The van der Waals surface area contributed by atoms with E-state index in [-0.39, 0.29) is 5.91 Å². The molecule has 0 unspecified atom stereocenters. The van der Waals surface area contributed by atoms with Crippen molar-refractivity contribution in [1.29, 1.82) is 0 Å². The molecule has 1 aromatic heterocycles. The summed E-state index contributed by atoms with van der Waals surface area (Å²) in [4.78, 5) is 14.5. The predicted octanol–water partition coefficient (Wildman–Crippen LogP) is 3.55. The van der Waals surface area contributed by atoms with Gasteiger partial charge in [0.05, 0.1) is 6.61 Å². The van der Waals surface area contributed by atoms with Crippen LogP contribution in [-0.4, -0.2) is 35.7 Å². The maximum atomic E-state index is 12.1. The Morgan fingerprint density at radius 2 is 2.20 bits per heavy atom. The number of anilines is 1. The zero-order chi connectivity index (χ0) is 17.6. The first-order chi connectivity index (χ1) is 12.2. The van der Waals surface area contributed by atoms with E-state index in [1.165, 1.54) is 5.56 Å². The van der Waals surface area contributed by atoms with Crippen molar-refractivity contribution >= 4 is 11.7 Å². The lowest BCUT2D eigenvalue weighted by atomic mass is 10.0. The first kappa shape index (κ1) is 17.5. The topological polar surface area (TPSA) is 67.6 Å². The minimum Gasteiger partial charge on any atom is -0.494 e. The van der Waals surface area contributed by atoms with Crippen LogP contribution in [0.5, 0.6) is 5.75 Å². The van der Waals surface area contributed by atoms with Crippen molar-refractivity contribution in [3.05, 3.63) is 41.7 Å². The summed E-state index contributed by atoms with van der Waals surface area (Å²) in [5.74, 6) is 2.03. The van der Waals surface area contributed by atoms with E-state index in [0.717, 1.165) is 31.7 Å². The first-order valence-corrected chi connectivity index (χ1v) is 8.85. The maximum Gasteiger partial charge on any atom is 0.226 e. The quantitative estimate of drug-likeness (QED) is 0.833. The van der Waals surface area contributed by atoms with Gasteiger partial charge in [-0.05, 0) is 50.9 Å². The average Bonchev–Trinajstić information content (AvgIpc) is 3.23. The van der Waals surface area contributed by atoms with Crippen LogP contribution < -0.4 is 10.1 Å². The van der Waals surface area contributed by atoms with Gasteiger partial charge in [-0.1, -0.05) is 17.3 Å². The second kappa shape index (κ2) is 8.16. The number of hydrogen-bond acceptors (Lipinski definition) is 5. The van der Waals surface area contributed by atoms with E-state index >= 15 is 0 Å². The third kappa shape index (κ3) is 4.60. The van der Waals surface area contributed by atoms with E-state index in [2.05, 4.69) is 27.5 Å². The molecule has 134 valence electrons. The molecular formula is C19H25N3O3. The van der Waals surface area contributed by atoms with Crippen molar-refractivity contribution < 1.29 is 14.1 Å². The highest BCUT2D eigenvalue weighted by atomic mass is 16.5. The molecule has 6 nitrogen and oxygen atoms in total. The normalized spacial score (nSPS) is 17.6. The molecule has 0 bridgehead atoms. The molecule has 1 aromatic carbocycles. The fraction of sp³-hybridized carbons (Fsp3) is 0.474. The van der Waals surface area contributed by atoms with Crippen LogP contribution >= 0.6 is 0 Å². The minimum absolute atomic E-state index is 0.0364. The minimum atomic E-state index is -0.0364. The standard InChI is InChI=1S/C19H25N3O3/c1-3-24-16-8-6-15(7-9-16)17-5-4-11-22(17)12-10-19(23)20-18-13-14(2)25-21-18/h6-9,13,17H,3-5,10-12H2,1-2H3,(H,20,21,23)/t17-/m1/s1. The highest BCUT2D eigenvalue weighted by Crippen LogP contribution is 2.32. The second-order valence-electron chi connectivity index (χ2n) is 6.32. The van der Waals surface area contributed by atoms with E-state index in [0.29, 0.717) is 30.6 Å². The van der Waals surface area contributed by atoms with Crippen LogP contribution in [0.3, 0.4) is 0 Å². The Morgan fingerprint density at radius 3 is 2.88 bits per heavy atom. The number of nitrogens with one attached hydrogen (secondary N) is 1. The fourth-order valence-corrected chi connectivity index (χ4v) is 3.30. The van der Waals surface area contributed by atoms with Gasteiger partial charge < -0.3 is 14.6 Å². The Kier molecular flexibility index (Phi) is 5.71. The van der Waals surface area contributed by atoms with Crippen LogP contribution in [0, 0.1) is 6.92 Å².